The third-order valence-electron chi connectivity index (χ3n) is 2.11. The fourth-order valence-corrected chi connectivity index (χ4v) is 2.22. The molecule has 3 aromatic rings. The van der Waals surface area contributed by atoms with Gasteiger partial charge in [-0.1, -0.05) is 35.1 Å². The van der Waals surface area contributed by atoms with Gasteiger partial charge in [0, 0.05) is 10.6 Å². The molecule has 0 aliphatic rings. The Labute approximate surface area is 95.0 Å². The monoisotopic (exact) mass is 235 g/mol. The van der Waals surface area contributed by atoms with Gasteiger partial charge in [-0.2, -0.15) is 5.10 Å². The molecule has 0 amide bonds. The van der Waals surface area contributed by atoms with Gasteiger partial charge in [-0.15, -0.1) is 0 Å². The quantitative estimate of drug-likeness (QED) is 0.649. The van der Waals surface area contributed by atoms with Crippen molar-refractivity contribution < 1.29 is 0 Å². The second-order valence-electron chi connectivity index (χ2n) is 3.10. The number of hydrogen-bond acceptors (Lipinski definition) is 3. The molecule has 0 aliphatic heterocycles. The molecular weight excluding hydrogens is 230 g/mol. The first-order valence-corrected chi connectivity index (χ1v) is 5.63. The molecule has 0 unspecified atom stereocenters. The predicted octanol–water partition coefficient (Wildman–Crippen LogP) is 3.11. The van der Waals surface area contributed by atoms with E-state index < -0.39 is 0 Å². The van der Waals surface area contributed by atoms with Crippen LogP contribution in [0.15, 0.2) is 36.0 Å². The molecule has 2 heterocycles. The zero-order chi connectivity index (χ0) is 10.3. The summed E-state index contributed by atoms with van der Waals surface area (Å²) in [7, 11) is 0. The summed E-state index contributed by atoms with van der Waals surface area (Å²) in [6, 6.07) is 7.65. The Balaban J connectivity index is 2.17. The molecule has 0 bridgehead atoms. The van der Waals surface area contributed by atoms with Crippen molar-refractivity contribution in [2.24, 2.45) is 0 Å². The van der Waals surface area contributed by atoms with Crippen LogP contribution in [0.25, 0.3) is 16.2 Å². The van der Waals surface area contributed by atoms with Crippen molar-refractivity contribution in [3.05, 3.63) is 41.0 Å². The summed E-state index contributed by atoms with van der Waals surface area (Å²) in [5, 5.41) is 4.85. The van der Waals surface area contributed by atoms with Crippen molar-refractivity contribution in [3.63, 3.8) is 0 Å². The molecule has 0 aliphatic carbocycles. The summed E-state index contributed by atoms with van der Waals surface area (Å²) in [5.74, 6) is 0. The molecule has 15 heavy (non-hydrogen) atoms. The van der Waals surface area contributed by atoms with Gasteiger partial charge in [0.15, 0.2) is 0 Å². The molecule has 0 N–H and O–H groups in total. The normalized spacial score (nSPS) is 11.0. The van der Waals surface area contributed by atoms with Gasteiger partial charge in [0.2, 0.25) is 4.96 Å². The van der Waals surface area contributed by atoms with Gasteiger partial charge >= 0.3 is 0 Å². The highest BCUT2D eigenvalue weighted by atomic mass is 35.5. The first kappa shape index (κ1) is 8.88. The van der Waals surface area contributed by atoms with Crippen molar-refractivity contribution in [1.29, 1.82) is 0 Å². The van der Waals surface area contributed by atoms with Crippen LogP contribution in [0.4, 0.5) is 0 Å². The van der Waals surface area contributed by atoms with Gasteiger partial charge < -0.3 is 0 Å². The van der Waals surface area contributed by atoms with E-state index in [0.717, 1.165) is 21.2 Å². The third-order valence-corrected chi connectivity index (χ3v) is 3.03. The van der Waals surface area contributed by atoms with E-state index in [4.69, 9.17) is 11.6 Å². The lowest BCUT2D eigenvalue weighted by molar-refractivity contribution is 0.974. The number of benzene rings is 1. The summed E-state index contributed by atoms with van der Waals surface area (Å²) in [5.41, 5.74) is 3.68. The highest BCUT2D eigenvalue weighted by Crippen LogP contribution is 2.22. The van der Waals surface area contributed by atoms with Crippen molar-refractivity contribution in [2.75, 3.05) is 0 Å². The van der Waals surface area contributed by atoms with E-state index in [9.17, 15) is 0 Å². The summed E-state index contributed by atoms with van der Waals surface area (Å²) in [6.45, 7) is 0. The third kappa shape index (κ3) is 1.52. The molecule has 5 heteroatoms. The van der Waals surface area contributed by atoms with Crippen molar-refractivity contribution in [1.82, 2.24) is 14.6 Å². The van der Waals surface area contributed by atoms with Gasteiger partial charge in [0.25, 0.3) is 0 Å². The lowest BCUT2D eigenvalue weighted by Crippen LogP contribution is -1.77. The van der Waals surface area contributed by atoms with Gasteiger partial charge in [-0.3, -0.25) is 0 Å². The van der Waals surface area contributed by atoms with E-state index in [1.165, 1.54) is 11.3 Å². The molecule has 0 saturated heterocycles. The molecule has 0 spiro atoms. The largest absolute Gasteiger partial charge is 0.217 e. The lowest BCUT2D eigenvalue weighted by Gasteiger charge is -1.95. The van der Waals surface area contributed by atoms with E-state index in [1.807, 2.05) is 30.5 Å². The Kier molecular flexibility index (Phi) is 1.97. The summed E-state index contributed by atoms with van der Waals surface area (Å²) < 4.78 is 1.76. The van der Waals surface area contributed by atoms with Crippen molar-refractivity contribution in [2.45, 2.75) is 0 Å². The fourth-order valence-electron chi connectivity index (χ4n) is 1.43. The molecule has 0 fully saturated rings. The summed E-state index contributed by atoms with van der Waals surface area (Å²) >= 11 is 7.43. The first-order valence-electron chi connectivity index (χ1n) is 4.38. The van der Waals surface area contributed by atoms with Crippen LogP contribution in [0, 0.1) is 0 Å². The molecule has 0 saturated carbocycles. The van der Waals surface area contributed by atoms with Crippen LogP contribution < -0.4 is 0 Å². The van der Waals surface area contributed by atoms with E-state index in [2.05, 4.69) is 10.1 Å². The number of imidazole rings is 1. The Hall–Kier alpha value is -1.39. The first-order chi connectivity index (χ1) is 7.33. The van der Waals surface area contributed by atoms with E-state index in [0.29, 0.717) is 0 Å². The van der Waals surface area contributed by atoms with Crippen LogP contribution in [-0.2, 0) is 0 Å². The highest BCUT2D eigenvalue weighted by Gasteiger charge is 2.05. The van der Waals surface area contributed by atoms with Crippen molar-refractivity contribution >= 4 is 27.9 Å². The maximum absolute atomic E-state index is 5.92. The van der Waals surface area contributed by atoms with E-state index in [1.54, 1.807) is 10.0 Å². The maximum Gasteiger partial charge on any atom is 0.212 e. The zero-order valence-corrected chi connectivity index (χ0v) is 9.16. The standard InChI is InChI=1S/C10H6ClN3S/c11-8-3-1-2-7(4-8)9-5-14-10(13-9)15-6-12-14/h1-6H. The van der Waals surface area contributed by atoms with Crippen LogP contribution in [0.2, 0.25) is 5.02 Å². The number of nitrogens with zero attached hydrogens (tertiary/aromatic N) is 3. The Morgan fingerprint density at radius 2 is 2.27 bits per heavy atom. The molecule has 74 valence electrons. The fraction of sp³-hybridized carbons (Fsp3) is 0. The maximum atomic E-state index is 5.92. The second kappa shape index (κ2) is 3.32. The Bertz CT molecular complexity index is 585. The van der Waals surface area contributed by atoms with E-state index in [-0.39, 0.29) is 0 Å². The zero-order valence-electron chi connectivity index (χ0n) is 7.59. The minimum atomic E-state index is 0.719. The Morgan fingerprint density at radius 3 is 3.07 bits per heavy atom. The number of rotatable bonds is 1. The molecule has 3 rings (SSSR count). The molecule has 0 radical (unpaired) electrons. The van der Waals surface area contributed by atoms with E-state index >= 15 is 0 Å². The average Bonchev–Trinajstić information content (AvgIpc) is 2.76. The number of fused-ring (bicyclic) bond motifs is 1. The van der Waals surface area contributed by atoms with Gasteiger partial charge in [-0.05, 0) is 12.1 Å². The molecule has 3 nitrogen and oxygen atoms in total. The Morgan fingerprint density at radius 1 is 1.33 bits per heavy atom. The highest BCUT2D eigenvalue weighted by molar-refractivity contribution is 7.14. The average molecular weight is 236 g/mol. The molecule has 2 aromatic heterocycles. The van der Waals surface area contributed by atoms with Crippen LogP contribution in [0.5, 0.6) is 0 Å². The number of halogens is 1. The van der Waals surface area contributed by atoms with Crippen LogP contribution in [-0.4, -0.2) is 14.6 Å². The van der Waals surface area contributed by atoms with Gasteiger partial charge in [0.05, 0.1) is 11.9 Å². The SMILES string of the molecule is Clc1cccc(-c2cn3ncsc3n2)c1. The van der Waals surface area contributed by atoms with Crippen LogP contribution in [0.1, 0.15) is 0 Å². The van der Waals surface area contributed by atoms with Crippen molar-refractivity contribution in [3.8, 4) is 11.3 Å². The molecule has 0 atom stereocenters. The summed E-state index contributed by atoms with van der Waals surface area (Å²) in [4.78, 5) is 5.34. The summed E-state index contributed by atoms with van der Waals surface area (Å²) in [6.07, 6.45) is 1.90. The van der Waals surface area contributed by atoms with Crippen LogP contribution >= 0.6 is 22.9 Å². The lowest BCUT2D eigenvalue weighted by atomic mass is 10.2. The number of aromatic nitrogens is 3. The van der Waals surface area contributed by atoms with Gasteiger partial charge in [-0.25, -0.2) is 9.50 Å². The number of hydrogen-bond donors (Lipinski definition) is 0. The second-order valence-corrected chi connectivity index (χ2v) is 4.35. The smallest absolute Gasteiger partial charge is 0.212 e. The topological polar surface area (TPSA) is 30.2 Å². The minimum absolute atomic E-state index is 0.719. The predicted molar refractivity (Wildman–Crippen MR) is 61.3 cm³/mol. The van der Waals surface area contributed by atoms with Gasteiger partial charge in [0.1, 0.15) is 5.51 Å². The minimum Gasteiger partial charge on any atom is -0.217 e. The van der Waals surface area contributed by atoms with Crippen LogP contribution in [0.3, 0.4) is 0 Å². The molecular formula is C10H6ClN3S. The molecule has 1 aromatic carbocycles.